The lowest BCUT2D eigenvalue weighted by Gasteiger charge is -2.08. The van der Waals surface area contributed by atoms with Crippen molar-refractivity contribution in [3.8, 4) is 11.5 Å². The number of ether oxygens (including phenoxy) is 1. The Labute approximate surface area is 115 Å². The van der Waals surface area contributed by atoms with Gasteiger partial charge in [-0.15, -0.1) is 0 Å². The highest BCUT2D eigenvalue weighted by molar-refractivity contribution is 6.15. The van der Waals surface area contributed by atoms with Gasteiger partial charge in [-0.1, -0.05) is 18.2 Å². The number of aromatic hydroxyl groups is 2. The summed E-state index contributed by atoms with van der Waals surface area (Å²) in [5.74, 6) is -1.64. The van der Waals surface area contributed by atoms with Crippen LogP contribution < -0.4 is 0 Å². The van der Waals surface area contributed by atoms with Crippen LogP contribution in [0.4, 0.5) is 0 Å². The van der Waals surface area contributed by atoms with Gasteiger partial charge in [-0.3, -0.25) is 4.79 Å². The van der Waals surface area contributed by atoms with Crippen molar-refractivity contribution in [2.45, 2.75) is 0 Å². The Bertz CT molecular complexity index is 676. The Hall–Kier alpha value is -2.82. The van der Waals surface area contributed by atoms with Crippen molar-refractivity contribution in [3.63, 3.8) is 0 Å². The van der Waals surface area contributed by atoms with Gasteiger partial charge in [-0.05, 0) is 24.3 Å². The van der Waals surface area contributed by atoms with E-state index in [0.717, 1.165) is 6.07 Å². The first-order valence-corrected chi connectivity index (χ1v) is 5.78. The first-order valence-electron chi connectivity index (χ1n) is 5.78. The van der Waals surface area contributed by atoms with E-state index < -0.39 is 11.8 Å². The van der Waals surface area contributed by atoms with Gasteiger partial charge in [0.2, 0.25) is 0 Å². The first kappa shape index (κ1) is 13.6. The van der Waals surface area contributed by atoms with Gasteiger partial charge in [-0.2, -0.15) is 0 Å². The molecule has 0 bridgehead atoms. The molecule has 5 nitrogen and oxygen atoms in total. The van der Waals surface area contributed by atoms with E-state index >= 15 is 0 Å². The summed E-state index contributed by atoms with van der Waals surface area (Å²) in [6.07, 6.45) is 0. The van der Waals surface area contributed by atoms with Crippen molar-refractivity contribution in [2.24, 2.45) is 0 Å². The molecule has 102 valence electrons. The molecule has 2 rings (SSSR count). The van der Waals surface area contributed by atoms with Crippen molar-refractivity contribution >= 4 is 11.8 Å². The van der Waals surface area contributed by atoms with Gasteiger partial charge in [0.1, 0.15) is 11.5 Å². The van der Waals surface area contributed by atoms with Gasteiger partial charge in [0.25, 0.3) is 0 Å². The third kappa shape index (κ3) is 2.47. The van der Waals surface area contributed by atoms with E-state index in [-0.39, 0.29) is 28.2 Å². The van der Waals surface area contributed by atoms with Crippen molar-refractivity contribution in [2.75, 3.05) is 7.11 Å². The minimum Gasteiger partial charge on any atom is -0.508 e. The number of phenols is 2. The van der Waals surface area contributed by atoms with Crippen molar-refractivity contribution in [1.82, 2.24) is 0 Å². The van der Waals surface area contributed by atoms with Gasteiger partial charge < -0.3 is 14.9 Å². The summed E-state index contributed by atoms with van der Waals surface area (Å²) in [7, 11) is 1.22. The van der Waals surface area contributed by atoms with E-state index in [1.807, 2.05) is 0 Å². The molecule has 0 amide bonds. The number of benzene rings is 2. The van der Waals surface area contributed by atoms with Crippen LogP contribution in [0.15, 0.2) is 42.5 Å². The average molecular weight is 272 g/mol. The van der Waals surface area contributed by atoms with Crippen molar-refractivity contribution in [3.05, 3.63) is 59.2 Å². The third-order valence-corrected chi connectivity index (χ3v) is 2.80. The molecule has 0 aromatic heterocycles. The fourth-order valence-electron chi connectivity index (χ4n) is 1.82. The Balaban J connectivity index is 2.54. The summed E-state index contributed by atoms with van der Waals surface area (Å²) >= 11 is 0. The standard InChI is InChI=1S/C15H12O5/c1-20-15(19)11-5-3-2-4-10(11)14(18)12-8-9(16)6-7-13(12)17/h2-8,16-17H,1H3. The number of esters is 1. The van der Waals surface area contributed by atoms with Gasteiger partial charge >= 0.3 is 5.97 Å². The zero-order valence-electron chi connectivity index (χ0n) is 10.7. The summed E-state index contributed by atoms with van der Waals surface area (Å²) in [5, 5.41) is 19.1. The van der Waals surface area contributed by atoms with Crippen LogP contribution in [0.3, 0.4) is 0 Å². The lowest BCUT2D eigenvalue weighted by molar-refractivity contribution is 0.0597. The smallest absolute Gasteiger partial charge is 0.338 e. The number of ketones is 1. The monoisotopic (exact) mass is 272 g/mol. The molecule has 0 unspecified atom stereocenters. The minimum atomic E-state index is -0.645. The second-order valence-electron chi connectivity index (χ2n) is 4.07. The predicted molar refractivity (Wildman–Crippen MR) is 71.0 cm³/mol. The van der Waals surface area contributed by atoms with Crippen molar-refractivity contribution < 1.29 is 24.5 Å². The first-order chi connectivity index (χ1) is 9.54. The molecule has 2 N–H and O–H groups in total. The highest BCUT2D eigenvalue weighted by Crippen LogP contribution is 2.26. The van der Waals surface area contributed by atoms with Crippen LogP contribution >= 0.6 is 0 Å². The van der Waals surface area contributed by atoms with Crippen molar-refractivity contribution in [1.29, 1.82) is 0 Å². The van der Waals surface area contributed by atoms with Crippen LogP contribution in [-0.2, 0) is 4.74 Å². The molecule has 20 heavy (non-hydrogen) atoms. The number of hydrogen-bond donors (Lipinski definition) is 2. The van der Waals surface area contributed by atoms with E-state index in [0.29, 0.717) is 0 Å². The normalized spacial score (nSPS) is 10.1. The van der Waals surface area contributed by atoms with E-state index in [1.165, 1.54) is 31.4 Å². The van der Waals surface area contributed by atoms with Gasteiger partial charge in [0.05, 0.1) is 18.2 Å². The summed E-state index contributed by atoms with van der Waals surface area (Å²) in [4.78, 5) is 24.0. The summed E-state index contributed by atoms with van der Waals surface area (Å²) in [6, 6.07) is 9.73. The Morgan fingerprint density at radius 3 is 2.25 bits per heavy atom. The quantitative estimate of drug-likeness (QED) is 0.508. The van der Waals surface area contributed by atoms with Crippen LogP contribution in [0, 0.1) is 0 Å². The summed E-state index contributed by atoms with van der Waals surface area (Å²) < 4.78 is 4.61. The largest absolute Gasteiger partial charge is 0.508 e. The molecule has 0 saturated carbocycles. The second-order valence-corrected chi connectivity index (χ2v) is 4.07. The average Bonchev–Trinajstić information content (AvgIpc) is 2.48. The number of carbonyl (C=O) groups excluding carboxylic acids is 2. The molecule has 5 heteroatoms. The zero-order valence-corrected chi connectivity index (χ0v) is 10.7. The lowest BCUT2D eigenvalue weighted by Crippen LogP contribution is -2.11. The Morgan fingerprint density at radius 1 is 0.950 bits per heavy atom. The van der Waals surface area contributed by atoms with E-state index in [2.05, 4.69) is 4.74 Å². The maximum Gasteiger partial charge on any atom is 0.338 e. The predicted octanol–water partition coefficient (Wildman–Crippen LogP) is 2.12. The second kappa shape index (κ2) is 5.44. The number of hydrogen-bond acceptors (Lipinski definition) is 5. The van der Waals surface area contributed by atoms with Gasteiger partial charge in [-0.25, -0.2) is 4.79 Å². The van der Waals surface area contributed by atoms with E-state index in [4.69, 9.17) is 0 Å². The highest BCUT2D eigenvalue weighted by atomic mass is 16.5. The lowest BCUT2D eigenvalue weighted by atomic mass is 9.97. The topological polar surface area (TPSA) is 83.8 Å². The van der Waals surface area contributed by atoms with Gasteiger partial charge in [0.15, 0.2) is 5.78 Å². The van der Waals surface area contributed by atoms with Gasteiger partial charge in [0, 0.05) is 5.56 Å². The molecule has 0 radical (unpaired) electrons. The number of methoxy groups -OCH3 is 1. The summed E-state index contributed by atoms with van der Waals surface area (Å²) in [5.41, 5.74) is 0.115. The molecule has 0 spiro atoms. The molecule has 2 aromatic rings. The molecule has 2 aromatic carbocycles. The molecule has 0 aliphatic heterocycles. The SMILES string of the molecule is COC(=O)c1ccccc1C(=O)c1cc(O)ccc1O. The van der Waals surface area contributed by atoms with Crippen LogP contribution in [0.2, 0.25) is 0 Å². The Morgan fingerprint density at radius 2 is 1.60 bits per heavy atom. The molecule has 0 fully saturated rings. The minimum absolute atomic E-state index is 0.0821. The molecule has 0 atom stereocenters. The highest BCUT2D eigenvalue weighted by Gasteiger charge is 2.20. The maximum absolute atomic E-state index is 12.4. The molecular weight excluding hydrogens is 260 g/mol. The van der Waals surface area contributed by atoms with Crippen LogP contribution in [0.5, 0.6) is 11.5 Å². The fraction of sp³-hybridized carbons (Fsp3) is 0.0667. The van der Waals surface area contributed by atoms with E-state index in [9.17, 15) is 19.8 Å². The molecule has 0 saturated heterocycles. The van der Waals surface area contributed by atoms with Crippen LogP contribution in [0.1, 0.15) is 26.3 Å². The number of carbonyl (C=O) groups is 2. The summed E-state index contributed by atoms with van der Waals surface area (Å²) in [6.45, 7) is 0. The molecule has 0 aliphatic carbocycles. The Kier molecular flexibility index (Phi) is 3.70. The molecule has 0 aliphatic rings. The molecule has 0 heterocycles. The maximum atomic E-state index is 12.4. The molecular formula is C15H12O5. The number of phenolic OH excluding ortho intramolecular Hbond substituents is 2. The van der Waals surface area contributed by atoms with Crippen LogP contribution in [-0.4, -0.2) is 29.1 Å². The third-order valence-electron chi connectivity index (χ3n) is 2.80. The fourth-order valence-corrected chi connectivity index (χ4v) is 1.82. The van der Waals surface area contributed by atoms with Crippen LogP contribution in [0.25, 0.3) is 0 Å². The zero-order chi connectivity index (χ0) is 14.7. The number of rotatable bonds is 3. The van der Waals surface area contributed by atoms with E-state index in [1.54, 1.807) is 12.1 Å².